The minimum absolute atomic E-state index is 0.00322. The number of azo groups is 1. The van der Waals surface area contributed by atoms with Crippen molar-refractivity contribution in [3.8, 4) is 23.0 Å². The van der Waals surface area contributed by atoms with E-state index in [4.69, 9.17) is 37.9 Å². The summed E-state index contributed by atoms with van der Waals surface area (Å²) in [5.74, 6) is 3.51. The maximum absolute atomic E-state index is 11.0. The Balaban J connectivity index is 1.04. The molecule has 72 heavy (non-hydrogen) atoms. The number of hydrogen-bond donors (Lipinski definition) is 0. The quantitative estimate of drug-likeness (QED) is 0.0559. The first-order valence-electron chi connectivity index (χ1n) is 25.2. The van der Waals surface area contributed by atoms with Gasteiger partial charge in [0.05, 0.1) is 82.4 Å². The maximum atomic E-state index is 11.0. The van der Waals surface area contributed by atoms with Gasteiger partial charge in [-0.3, -0.25) is 10.1 Å². The van der Waals surface area contributed by atoms with E-state index in [0.29, 0.717) is 129 Å². The minimum Gasteiger partial charge on any atom is -0.493 e. The Morgan fingerprint density at radius 2 is 0.819 bits per heavy atom. The Kier molecular flexibility index (Phi) is 19.4. The van der Waals surface area contributed by atoms with Crippen LogP contribution in [-0.2, 0) is 44.6 Å². The molecule has 2 heterocycles. The van der Waals surface area contributed by atoms with Crippen LogP contribution in [0.1, 0.15) is 71.2 Å². The first-order chi connectivity index (χ1) is 35.5. The highest BCUT2D eigenvalue weighted by molar-refractivity contribution is 5.57. The molecule has 378 valence electrons. The second-order valence-corrected chi connectivity index (χ2v) is 17.6. The fourth-order valence-corrected chi connectivity index (χ4v) is 8.89. The summed E-state index contributed by atoms with van der Waals surface area (Å²) in [6, 6.07) is 39.5. The molecule has 0 N–H and O–H groups in total. The summed E-state index contributed by atoms with van der Waals surface area (Å²) in [6.07, 6.45) is 4.24. The normalized spacial score (nSPS) is 15.6. The van der Waals surface area contributed by atoms with Crippen molar-refractivity contribution >= 4 is 22.7 Å². The summed E-state index contributed by atoms with van der Waals surface area (Å²) in [6.45, 7) is 10.9. The van der Waals surface area contributed by atoms with Gasteiger partial charge < -0.3 is 42.8 Å². The molecule has 1 aliphatic carbocycles. The van der Waals surface area contributed by atoms with Crippen molar-refractivity contribution in [2.24, 2.45) is 10.2 Å². The van der Waals surface area contributed by atoms with E-state index in [2.05, 4.69) is 102 Å². The third-order valence-corrected chi connectivity index (χ3v) is 12.4. The van der Waals surface area contributed by atoms with Gasteiger partial charge in [-0.15, -0.1) is 0 Å². The van der Waals surface area contributed by atoms with Crippen LogP contribution < -0.4 is 23.8 Å². The van der Waals surface area contributed by atoms with Crippen molar-refractivity contribution in [2.75, 3.05) is 97.3 Å². The molecule has 0 saturated heterocycles. The largest absolute Gasteiger partial charge is 0.493 e. The maximum Gasteiger partial charge on any atom is 0.269 e. The second kappa shape index (κ2) is 27.1. The number of benzene rings is 6. The van der Waals surface area contributed by atoms with Crippen LogP contribution in [0.4, 0.5) is 22.7 Å². The van der Waals surface area contributed by atoms with Crippen molar-refractivity contribution in [1.29, 1.82) is 0 Å². The van der Waals surface area contributed by atoms with E-state index in [-0.39, 0.29) is 5.69 Å². The van der Waals surface area contributed by atoms with Gasteiger partial charge in [-0.25, -0.2) is 0 Å². The Hall–Kier alpha value is -6.84. The molecule has 0 saturated carbocycles. The standard InChI is InChI=1S/C58H66N4O10/c1-3-27-69-55-43-9-5-10-44(55)40-48-14-8-16-50-42-46-12-6-11-45(56(46)70-28-4-2)41-49-15-7-13-47(39-43)57(49)71-37-35-67-33-31-65-29-25-61(26-30-66-32-34-68-36-38-72-58(48)50)53-21-17-51(18-22-53)59-60-52-19-23-54(24-20-52)62(63)64/h5-24H,3-4,25-42H2,1-2H3. The Morgan fingerprint density at radius 3 is 1.19 bits per heavy atom. The SMILES string of the molecule is CCCOc1c2cccc1Cc1cccc3c1OCCOCCOCCN(c1ccc(N=Nc4ccc([N+](=O)[O-])cc4)cc1)CCOCCOCCOc1c(cccc1Cc1cccc(c1OCCC)C3)C2. The first kappa shape index (κ1) is 51.5. The number of non-ortho nitro benzene ring substituents is 1. The fraction of sp³-hybridized carbons (Fsp3) is 0.379. The van der Waals surface area contributed by atoms with Crippen molar-refractivity contribution in [3.63, 3.8) is 0 Å². The molecule has 0 unspecified atom stereocenters. The zero-order chi connectivity index (χ0) is 49.7. The molecule has 0 amide bonds. The van der Waals surface area contributed by atoms with E-state index in [1.807, 2.05) is 24.3 Å². The molecule has 6 aromatic carbocycles. The third-order valence-electron chi connectivity index (χ3n) is 12.4. The zero-order valence-corrected chi connectivity index (χ0v) is 41.6. The lowest BCUT2D eigenvalue weighted by Crippen LogP contribution is -2.31. The van der Waals surface area contributed by atoms with Gasteiger partial charge in [0.25, 0.3) is 5.69 Å². The summed E-state index contributed by atoms with van der Waals surface area (Å²) in [4.78, 5) is 12.8. The monoisotopic (exact) mass is 978 g/mol. The van der Waals surface area contributed by atoms with Gasteiger partial charge in [0.1, 0.15) is 36.2 Å². The number of nitro groups is 1. The van der Waals surface area contributed by atoms with Crippen LogP contribution in [-0.4, -0.2) is 97.3 Å². The molecule has 0 radical (unpaired) electrons. The van der Waals surface area contributed by atoms with E-state index >= 15 is 0 Å². The average molecular weight is 979 g/mol. The molecule has 0 aromatic heterocycles. The number of rotatable bonds is 10. The van der Waals surface area contributed by atoms with Crippen molar-refractivity contribution in [1.82, 2.24) is 0 Å². The van der Waals surface area contributed by atoms with E-state index in [1.54, 1.807) is 12.1 Å². The highest BCUT2D eigenvalue weighted by atomic mass is 16.6. The topological polar surface area (TPSA) is 145 Å². The number of ether oxygens (including phenoxy) is 8. The summed E-state index contributed by atoms with van der Waals surface area (Å²) in [5, 5.41) is 19.6. The lowest BCUT2D eigenvalue weighted by Gasteiger charge is -2.25. The Labute approximate surface area is 423 Å². The molecule has 2 aliphatic heterocycles. The molecule has 14 heteroatoms. The van der Waals surface area contributed by atoms with Crippen LogP contribution in [0.15, 0.2) is 132 Å². The number of hydrogen-bond acceptors (Lipinski definition) is 13. The molecule has 6 aromatic rings. The molecular weight excluding hydrogens is 913 g/mol. The van der Waals surface area contributed by atoms with Gasteiger partial charge in [-0.2, -0.15) is 10.2 Å². The van der Waals surface area contributed by atoms with Gasteiger partial charge in [0, 0.05) is 56.6 Å². The fourth-order valence-electron chi connectivity index (χ4n) is 8.89. The van der Waals surface area contributed by atoms with Crippen LogP contribution in [0.3, 0.4) is 0 Å². The average Bonchev–Trinajstić information content (AvgIpc) is 3.39. The van der Waals surface area contributed by atoms with E-state index in [1.165, 1.54) is 12.1 Å². The van der Waals surface area contributed by atoms with E-state index in [0.717, 1.165) is 86.0 Å². The predicted molar refractivity (Wildman–Crippen MR) is 279 cm³/mol. The predicted octanol–water partition coefficient (Wildman–Crippen LogP) is 11.6. The van der Waals surface area contributed by atoms with Crippen molar-refractivity contribution < 1.29 is 42.8 Å². The van der Waals surface area contributed by atoms with Crippen LogP contribution >= 0.6 is 0 Å². The lowest BCUT2D eigenvalue weighted by molar-refractivity contribution is -0.384. The molecule has 14 nitrogen and oxygen atoms in total. The van der Waals surface area contributed by atoms with Gasteiger partial charge in [0.2, 0.25) is 0 Å². The molecule has 0 atom stereocenters. The first-order valence-corrected chi connectivity index (χ1v) is 25.2. The Bertz CT molecular complexity index is 2480. The van der Waals surface area contributed by atoms with Gasteiger partial charge in [0.15, 0.2) is 0 Å². The summed E-state index contributed by atoms with van der Waals surface area (Å²) in [5.41, 5.74) is 10.8. The molecule has 10 bridgehead atoms. The highest BCUT2D eigenvalue weighted by Gasteiger charge is 2.22. The van der Waals surface area contributed by atoms with Crippen LogP contribution in [0.25, 0.3) is 0 Å². The molecule has 9 rings (SSSR count). The molecule has 3 aliphatic rings. The number of nitrogens with zero attached hydrogens (tertiary/aromatic N) is 4. The van der Waals surface area contributed by atoms with Crippen LogP contribution in [0.2, 0.25) is 0 Å². The minimum atomic E-state index is -0.440. The zero-order valence-electron chi connectivity index (χ0n) is 41.6. The lowest BCUT2D eigenvalue weighted by atomic mass is 9.91. The van der Waals surface area contributed by atoms with Gasteiger partial charge in [-0.05, 0) is 93.7 Å². The van der Waals surface area contributed by atoms with E-state index < -0.39 is 4.92 Å². The van der Waals surface area contributed by atoms with E-state index in [9.17, 15) is 10.1 Å². The molecular formula is C58H66N4O10. The number of anilines is 1. The van der Waals surface area contributed by atoms with Gasteiger partial charge >= 0.3 is 0 Å². The number of nitro benzene ring substituents is 1. The van der Waals surface area contributed by atoms with Gasteiger partial charge in [-0.1, -0.05) is 86.6 Å². The summed E-state index contributed by atoms with van der Waals surface area (Å²) in [7, 11) is 0. The molecule has 0 fully saturated rings. The van der Waals surface area contributed by atoms with Crippen molar-refractivity contribution in [2.45, 2.75) is 52.4 Å². The summed E-state index contributed by atoms with van der Waals surface area (Å²) >= 11 is 0. The van der Waals surface area contributed by atoms with Crippen molar-refractivity contribution in [3.05, 3.63) is 176 Å². The third kappa shape index (κ3) is 14.4. The highest BCUT2D eigenvalue weighted by Crippen LogP contribution is 2.39. The smallest absolute Gasteiger partial charge is 0.269 e. The van der Waals surface area contributed by atoms with Crippen LogP contribution in [0.5, 0.6) is 23.0 Å². The van der Waals surface area contributed by atoms with Crippen LogP contribution in [0, 0.1) is 10.1 Å². The number of fused-ring (bicyclic) bond motifs is 18. The summed E-state index contributed by atoms with van der Waals surface area (Å²) < 4.78 is 51.3. The Morgan fingerprint density at radius 1 is 0.472 bits per heavy atom. The molecule has 0 spiro atoms. The second-order valence-electron chi connectivity index (χ2n) is 17.6. The number of para-hydroxylation sites is 4.